The highest BCUT2D eigenvalue weighted by Gasteiger charge is 2.37. The van der Waals surface area contributed by atoms with Gasteiger partial charge in [0, 0.05) is 17.6 Å². The van der Waals surface area contributed by atoms with Crippen molar-refractivity contribution in [3.63, 3.8) is 0 Å². The summed E-state index contributed by atoms with van der Waals surface area (Å²) in [4.78, 5) is 41.7. The van der Waals surface area contributed by atoms with E-state index < -0.39 is 11.1 Å². The highest BCUT2D eigenvalue weighted by Crippen LogP contribution is 2.38. The number of carbonyl (C=O) groups is 3. The van der Waals surface area contributed by atoms with Crippen LogP contribution in [-0.4, -0.2) is 47.1 Å². The third-order valence-corrected chi connectivity index (χ3v) is 8.93. The van der Waals surface area contributed by atoms with Gasteiger partial charge in [0.25, 0.3) is 11.1 Å². The molecule has 0 aliphatic carbocycles. The second-order valence-corrected chi connectivity index (χ2v) is 11.8. The Balaban J connectivity index is 1.28. The lowest BCUT2D eigenvalue weighted by molar-refractivity contribution is -0.136. The number of thioether (sulfide) groups is 1. The van der Waals surface area contributed by atoms with Crippen LogP contribution in [0.1, 0.15) is 22.3 Å². The number of amides is 3. The molecule has 3 aromatic rings. The standard InChI is InChI=1S/C29H23BrCl2N2O5S/c1-38-24-11-20(21(30)13-25(24)39-16-17-6-7-22(31)23(32)10-17)12-26-28(36)34(29(37)40-26)15-27(35)33-9-8-18-4-2-3-5-19(18)14-33/h2-7,10-13H,8-9,14-16H2,1H3/b26-12-. The lowest BCUT2D eigenvalue weighted by Crippen LogP contribution is -2.44. The molecule has 2 heterocycles. The smallest absolute Gasteiger partial charge is 0.294 e. The van der Waals surface area contributed by atoms with Gasteiger partial charge in [-0.05, 0) is 70.8 Å². The summed E-state index contributed by atoms with van der Waals surface area (Å²) in [6.07, 6.45) is 2.34. The molecule has 0 N–H and O–H groups in total. The van der Waals surface area contributed by atoms with E-state index in [1.54, 1.807) is 35.2 Å². The Labute approximate surface area is 254 Å². The molecule has 0 atom stereocenters. The van der Waals surface area contributed by atoms with Gasteiger partial charge in [-0.1, -0.05) is 69.5 Å². The first-order chi connectivity index (χ1) is 19.2. The second-order valence-electron chi connectivity index (χ2n) is 9.16. The largest absolute Gasteiger partial charge is 0.493 e. The number of halogens is 3. The van der Waals surface area contributed by atoms with Crippen LogP contribution in [0.2, 0.25) is 10.0 Å². The number of fused-ring (bicyclic) bond motifs is 1. The highest BCUT2D eigenvalue weighted by atomic mass is 79.9. The lowest BCUT2D eigenvalue weighted by atomic mass is 10.00. The van der Waals surface area contributed by atoms with E-state index in [9.17, 15) is 14.4 Å². The molecule has 2 aliphatic rings. The van der Waals surface area contributed by atoms with Crippen LogP contribution >= 0.6 is 50.9 Å². The Bertz CT molecular complexity index is 1550. The quantitative estimate of drug-likeness (QED) is 0.255. The molecular weight excluding hydrogens is 639 g/mol. The maximum absolute atomic E-state index is 13.1. The number of rotatable bonds is 7. The fourth-order valence-corrected chi connectivity index (χ4v) is 6.03. The Morgan fingerprint density at radius 2 is 1.82 bits per heavy atom. The summed E-state index contributed by atoms with van der Waals surface area (Å²) in [7, 11) is 1.51. The molecule has 0 saturated carbocycles. The Kier molecular flexibility index (Phi) is 8.75. The van der Waals surface area contributed by atoms with Gasteiger partial charge in [0.1, 0.15) is 13.2 Å². The Morgan fingerprint density at radius 3 is 2.58 bits per heavy atom. The van der Waals surface area contributed by atoms with Crippen LogP contribution in [0.5, 0.6) is 11.5 Å². The normalized spacial score (nSPS) is 15.9. The highest BCUT2D eigenvalue weighted by molar-refractivity contribution is 9.10. The second kappa shape index (κ2) is 12.3. The molecule has 3 amide bonds. The van der Waals surface area contributed by atoms with Crippen LogP contribution in [0, 0.1) is 0 Å². The SMILES string of the molecule is COc1cc(/C=C2\SC(=O)N(CC(=O)N3CCc4ccccc4C3)C2=O)c(Br)cc1OCc1ccc(Cl)c(Cl)c1. The summed E-state index contributed by atoms with van der Waals surface area (Å²) >= 11 is 16.4. The molecule has 2 aliphatic heterocycles. The Hall–Kier alpha value is -2.98. The van der Waals surface area contributed by atoms with Gasteiger partial charge in [-0.3, -0.25) is 19.3 Å². The summed E-state index contributed by atoms with van der Waals surface area (Å²) < 4.78 is 12.1. The lowest BCUT2D eigenvalue weighted by Gasteiger charge is -2.29. The fourth-order valence-electron chi connectivity index (χ4n) is 4.45. The molecule has 0 aromatic heterocycles. The molecule has 206 valence electrons. The van der Waals surface area contributed by atoms with E-state index in [-0.39, 0.29) is 24.0 Å². The predicted octanol–water partition coefficient (Wildman–Crippen LogP) is 6.96. The zero-order valence-electron chi connectivity index (χ0n) is 21.3. The number of ether oxygens (including phenoxy) is 2. The van der Waals surface area contributed by atoms with Gasteiger partial charge in [-0.15, -0.1) is 0 Å². The molecule has 0 unspecified atom stereocenters. The van der Waals surface area contributed by atoms with Crippen molar-refractivity contribution in [1.82, 2.24) is 9.80 Å². The summed E-state index contributed by atoms with van der Waals surface area (Å²) in [5.74, 6) is 0.143. The van der Waals surface area contributed by atoms with Gasteiger partial charge >= 0.3 is 0 Å². The van der Waals surface area contributed by atoms with Gasteiger partial charge < -0.3 is 14.4 Å². The third-order valence-electron chi connectivity index (χ3n) is 6.60. The third kappa shape index (κ3) is 6.17. The van der Waals surface area contributed by atoms with Crippen molar-refractivity contribution in [1.29, 1.82) is 0 Å². The number of nitrogens with zero attached hydrogens (tertiary/aromatic N) is 2. The molecule has 1 saturated heterocycles. The minimum absolute atomic E-state index is 0.217. The first-order valence-corrected chi connectivity index (χ1v) is 14.6. The van der Waals surface area contributed by atoms with E-state index >= 15 is 0 Å². The van der Waals surface area contributed by atoms with Crippen LogP contribution in [0.15, 0.2) is 64.0 Å². The van der Waals surface area contributed by atoms with E-state index in [4.69, 9.17) is 32.7 Å². The average molecular weight is 662 g/mol. The predicted molar refractivity (Wildman–Crippen MR) is 160 cm³/mol. The van der Waals surface area contributed by atoms with Crippen LogP contribution in [0.4, 0.5) is 4.79 Å². The molecule has 0 bridgehead atoms. The maximum atomic E-state index is 13.1. The first kappa shape index (κ1) is 28.5. The molecule has 1 fully saturated rings. The van der Waals surface area contributed by atoms with Gasteiger partial charge in [-0.25, -0.2) is 0 Å². The fraction of sp³-hybridized carbons (Fsp3) is 0.207. The van der Waals surface area contributed by atoms with Crippen molar-refractivity contribution < 1.29 is 23.9 Å². The van der Waals surface area contributed by atoms with E-state index in [1.165, 1.54) is 12.7 Å². The minimum Gasteiger partial charge on any atom is -0.493 e. The topological polar surface area (TPSA) is 76.2 Å². The van der Waals surface area contributed by atoms with Crippen molar-refractivity contribution in [2.75, 3.05) is 20.2 Å². The number of methoxy groups -OCH3 is 1. The van der Waals surface area contributed by atoms with Gasteiger partial charge in [0.15, 0.2) is 11.5 Å². The van der Waals surface area contributed by atoms with E-state index in [0.29, 0.717) is 44.7 Å². The minimum atomic E-state index is -0.508. The number of imide groups is 1. The van der Waals surface area contributed by atoms with Crippen molar-refractivity contribution in [3.8, 4) is 11.5 Å². The van der Waals surface area contributed by atoms with Gasteiger partial charge in [0.05, 0.1) is 22.1 Å². The van der Waals surface area contributed by atoms with Crippen molar-refractivity contribution in [2.24, 2.45) is 0 Å². The summed E-state index contributed by atoms with van der Waals surface area (Å²) in [5.41, 5.74) is 3.74. The zero-order valence-corrected chi connectivity index (χ0v) is 25.2. The molecule has 11 heteroatoms. The summed E-state index contributed by atoms with van der Waals surface area (Å²) in [5, 5.41) is 0.413. The van der Waals surface area contributed by atoms with E-state index in [2.05, 4.69) is 22.0 Å². The van der Waals surface area contributed by atoms with Crippen LogP contribution in [0.3, 0.4) is 0 Å². The number of hydrogen-bond acceptors (Lipinski definition) is 6. The molecule has 0 spiro atoms. The number of hydrogen-bond donors (Lipinski definition) is 0. The molecule has 3 aromatic carbocycles. The number of carbonyl (C=O) groups excluding carboxylic acids is 3. The van der Waals surface area contributed by atoms with Crippen molar-refractivity contribution in [3.05, 3.63) is 96.3 Å². The van der Waals surface area contributed by atoms with Crippen LogP contribution in [-0.2, 0) is 29.2 Å². The Morgan fingerprint density at radius 1 is 1.05 bits per heavy atom. The molecule has 5 rings (SSSR count). The maximum Gasteiger partial charge on any atom is 0.294 e. The molecule has 0 radical (unpaired) electrons. The molecular formula is C29H23BrCl2N2O5S. The van der Waals surface area contributed by atoms with Crippen LogP contribution < -0.4 is 9.47 Å². The molecule has 40 heavy (non-hydrogen) atoms. The summed E-state index contributed by atoms with van der Waals surface area (Å²) in [6, 6.07) is 16.6. The van der Waals surface area contributed by atoms with Crippen molar-refractivity contribution in [2.45, 2.75) is 19.6 Å². The number of benzene rings is 3. The average Bonchev–Trinajstić information content (AvgIpc) is 3.21. The van der Waals surface area contributed by atoms with Crippen molar-refractivity contribution >= 4 is 74.0 Å². The van der Waals surface area contributed by atoms with E-state index in [0.717, 1.165) is 34.2 Å². The van der Waals surface area contributed by atoms with Gasteiger partial charge in [0.2, 0.25) is 5.91 Å². The molecule has 7 nitrogen and oxygen atoms in total. The zero-order chi connectivity index (χ0) is 28.4. The first-order valence-electron chi connectivity index (χ1n) is 12.3. The summed E-state index contributed by atoms with van der Waals surface area (Å²) in [6.45, 7) is 0.951. The monoisotopic (exact) mass is 660 g/mol. The van der Waals surface area contributed by atoms with Gasteiger partial charge in [-0.2, -0.15) is 0 Å². The van der Waals surface area contributed by atoms with Crippen LogP contribution in [0.25, 0.3) is 6.08 Å². The van der Waals surface area contributed by atoms with E-state index in [1.807, 2.05) is 24.3 Å².